The van der Waals surface area contributed by atoms with Crippen LogP contribution in [-0.2, 0) is 4.79 Å². The van der Waals surface area contributed by atoms with Gasteiger partial charge >= 0.3 is 0 Å². The summed E-state index contributed by atoms with van der Waals surface area (Å²) < 4.78 is 0. The van der Waals surface area contributed by atoms with E-state index >= 15 is 0 Å². The SMILES string of the molecule is Cc1ccc(C(=O)N(N)C(=O)c2c(C)cccc2Cl)cc1C#Cc1ccc(NC(=O)CCN2CCN(C)CC2)nc1. The minimum Gasteiger partial charge on any atom is -0.311 e. The van der Waals surface area contributed by atoms with Gasteiger partial charge in [-0.15, -0.1) is 0 Å². The van der Waals surface area contributed by atoms with Gasteiger partial charge in [-0.3, -0.25) is 14.4 Å². The van der Waals surface area contributed by atoms with Crippen LogP contribution in [0.15, 0.2) is 54.7 Å². The fraction of sp³-hybridized carbons (Fsp3) is 0.290. The van der Waals surface area contributed by atoms with E-state index in [0.29, 0.717) is 33.9 Å². The molecule has 0 saturated carbocycles. The van der Waals surface area contributed by atoms with E-state index < -0.39 is 11.8 Å². The lowest BCUT2D eigenvalue weighted by molar-refractivity contribution is -0.116. The van der Waals surface area contributed by atoms with E-state index in [2.05, 4.69) is 39.0 Å². The first-order valence-electron chi connectivity index (χ1n) is 13.3. The molecule has 1 aliphatic rings. The zero-order valence-electron chi connectivity index (χ0n) is 23.4. The van der Waals surface area contributed by atoms with Gasteiger partial charge in [0.15, 0.2) is 0 Å². The zero-order valence-corrected chi connectivity index (χ0v) is 24.2. The number of carbonyl (C=O) groups excluding carboxylic acids is 3. The molecule has 1 aromatic heterocycles. The third-order valence-corrected chi connectivity index (χ3v) is 7.30. The van der Waals surface area contributed by atoms with Crippen LogP contribution in [0.1, 0.15) is 49.4 Å². The zero-order chi connectivity index (χ0) is 29.5. The number of nitrogens with two attached hydrogens (primary N) is 1. The number of aryl methyl sites for hydroxylation is 2. The minimum absolute atomic E-state index is 0.0792. The van der Waals surface area contributed by atoms with Crippen molar-refractivity contribution >= 4 is 35.1 Å². The summed E-state index contributed by atoms with van der Waals surface area (Å²) >= 11 is 6.19. The van der Waals surface area contributed by atoms with Gasteiger partial charge in [0, 0.05) is 62.0 Å². The van der Waals surface area contributed by atoms with Crippen molar-refractivity contribution in [3.8, 4) is 11.8 Å². The van der Waals surface area contributed by atoms with Gasteiger partial charge in [0.2, 0.25) is 5.91 Å². The molecule has 1 aliphatic heterocycles. The number of imide groups is 1. The number of piperazine rings is 1. The first-order valence-corrected chi connectivity index (χ1v) is 13.7. The highest BCUT2D eigenvalue weighted by Gasteiger charge is 2.24. The molecule has 0 spiro atoms. The summed E-state index contributed by atoms with van der Waals surface area (Å²) in [5.74, 6) is 11.0. The normalized spacial score (nSPS) is 13.7. The van der Waals surface area contributed by atoms with E-state index in [-0.39, 0.29) is 22.1 Å². The molecule has 3 amide bonds. The highest BCUT2D eigenvalue weighted by atomic mass is 35.5. The Kier molecular flexibility index (Phi) is 9.86. The molecule has 9 nitrogen and oxygen atoms in total. The van der Waals surface area contributed by atoms with Gasteiger partial charge in [-0.1, -0.05) is 41.6 Å². The van der Waals surface area contributed by atoms with Gasteiger partial charge in [0.05, 0.1) is 10.6 Å². The molecule has 0 aliphatic carbocycles. The number of nitrogens with one attached hydrogen (secondary N) is 1. The van der Waals surface area contributed by atoms with Crippen LogP contribution < -0.4 is 11.2 Å². The second-order valence-corrected chi connectivity index (χ2v) is 10.5. The standard InChI is InChI=1S/C31H33ClN6O3/c1-21-7-10-25(30(40)38(33)31(41)29-22(2)5-4-6-26(29)32)19-24(21)11-8-23-9-12-27(34-20-23)35-28(39)13-14-37-17-15-36(3)16-18-37/h4-7,9-10,12,19-20H,13-18,33H2,1-3H3,(H,34,35,39). The smallest absolute Gasteiger partial charge is 0.276 e. The predicted octanol–water partition coefficient (Wildman–Crippen LogP) is 3.48. The van der Waals surface area contributed by atoms with Gasteiger partial charge in [-0.2, -0.15) is 0 Å². The van der Waals surface area contributed by atoms with E-state index in [4.69, 9.17) is 17.4 Å². The topological polar surface area (TPSA) is 112 Å². The molecule has 0 radical (unpaired) electrons. The second-order valence-electron chi connectivity index (χ2n) is 10.1. The number of benzene rings is 2. The Bertz CT molecular complexity index is 1480. The van der Waals surface area contributed by atoms with Crippen LogP contribution in [0.2, 0.25) is 5.02 Å². The van der Waals surface area contributed by atoms with Crippen LogP contribution in [0, 0.1) is 25.7 Å². The van der Waals surface area contributed by atoms with Crippen molar-refractivity contribution in [3.05, 3.63) is 93.1 Å². The lowest BCUT2D eigenvalue weighted by Gasteiger charge is -2.32. The molecule has 0 atom stereocenters. The molecule has 10 heteroatoms. The third kappa shape index (κ3) is 7.78. The van der Waals surface area contributed by atoms with Crippen LogP contribution >= 0.6 is 11.6 Å². The molecule has 0 unspecified atom stereocenters. The van der Waals surface area contributed by atoms with Crippen LogP contribution in [0.25, 0.3) is 0 Å². The number of carbonyl (C=O) groups is 3. The summed E-state index contributed by atoms with van der Waals surface area (Å²) in [7, 11) is 2.10. The van der Waals surface area contributed by atoms with Gasteiger partial charge in [-0.25, -0.2) is 15.8 Å². The lowest BCUT2D eigenvalue weighted by Crippen LogP contribution is -2.45. The van der Waals surface area contributed by atoms with Gasteiger partial charge in [-0.05, 0) is 62.4 Å². The number of pyridine rings is 1. The monoisotopic (exact) mass is 572 g/mol. The number of hydrazine groups is 1. The lowest BCUT2D eigenvalue weighted by atomic mass is 10.0. The molecule has 1 saturated heterocycles. The number of hydrogen-bond donors (Lipinski definition) is 2. The van der Waals surface area contributed by atoms with Crippen LogP contribution in [0.5, 0.6) is 0 Å². The number of anilines is 1. The molecule has 41 heavy (non-hydrogen) atoms. The molecule has 2 heterocycles. The van der Waals surface area contributed by atoms with Crippen molar-refractivity contribution in [2.24, 2.45) is 5.84 Å². The average molecular weight is 573 g/mol. The molecule has 3 aromatic rings. The molecule has 4 rings (SSSR count). The Hall–Kier alpha value is -4.07. The van der Waals surface area contributed by atoms with Crippen molar-refractivity contribution in [1.29, 1.82) is 0 Å². The van der Waals surface area contributed by atoms with E-state index in [9.17, 15) is 14.4 Å². The average Bonchev–Trinajstić information content (AvgIpc) is 2.96. The number of rotatable bonds is 6. The summed E-state index contributed by atoms with van der Waals surface area (Å²) in [6.45, 7) is 8.28. The molecular weight excluding hydrogens is 540 g/mol. The quantitative estimate of drug-likeness (QED) is 0.153. The highest BCUT2D eigenvalue weighted by Crippen LogP contribution is 2.22. The third-order valence-electron chi connectivity index (χ3n) is 6.98. The van der Waals surface area contributed by atoms with Crippen LogP contribution in [-0.4, -0.2) is 77.3 Å². The minimum atomic E-state index is -0.691. The van der Waals surface area contributed by atoms with E-state index in [1.165, 1.54) is 0 Å². The van der Waals surface area contributed by atoms with Crippen molar-refractivity contribution < 1.29 is 14.4 Å². The van der Waals surface area contributed by atoms with Crippen LogP contribution in [0.4, 0.5) is 5.82 Å². The predicted molar refractivity (Wildman–Crippen MR) is 159 cm³/mol. The number of amides is 3. The molecule has 0 bridgehead atoms. The van der Waals surface area contributed by atoms with Crippen molar-refractivity contribution in [3.63, 3.8) is 0 Å². The Morgan fingerprint density at radius 2 is 1.76 bits per heavy atom. The second kappa shape index (κ2) is 13.5. The number of likely N-dealkylation sites (N-methyl/N-ethyl adjacent to an activating group) is 1. The molecule has 2 aromatic carbocycles. The van der Waals surface area contributed by atoms with E-state index in [0.717, 1.165) is 38.3 Å². The molecule has 212 valence electrons. The molecule has 1 fully saturated rings. The number of hydrogen-bond acceptors (Lipinski definition) is 7. The van der Waals surface area contributed by atoms with E-state index in [1.54, 1.807) is 61.7 Å². The molecular formula is C31H33ClN6O3. The summed E-state index contributed by atoms with van der Waals surface area (Å²) in [5, 5.41) is 3.62. The summed E-state index contributed by atoms with van der Waals surface area (Å²) in [5.41, 5.74) is 3.11. The van der Waals surface area contributed by atoms with Gasteiger partial charge in [0.1, 0.15) is 5.82 Å². The Morgan fingerprint density at radius 1 is 1.00 bits per heavy atom. The van der Waals surface area contributed by atoms with Crippen molar-refractivity contribution in [2.45, 2.75) is 20.3 Å². The fourth-order valence-corrected chi connectivity index (χ4v) is 4.66. The largest absolute Gasteiger partial charge is 0.311 e. The Morgan fingerprint density at radius 3 is 2.44 bits per heavy atom. The van der Waals surface area contributed by atoms with Gasteiger partial charge in [0.25, 0.3) is 11.8 Å². The van der Waals surface area contributed by atoms with E-state index in [1.807, 2.05) is 6.92 Å². The highest BCUT2D eigenvalue weighted by molar-refractivity contribution is 6.34. The number of halogens is 1. The Labute approximate surface area is 245 Å². The first kappa shape index (κ1) is 29.9. The maximum Gasteiger partial charge on any atom is 0.276 e. The fourth-order valence-electron chi connectivity index (χ4n) is 4.36. The summed E-state index contributed by atoms with van der Waals surface area (Å²) in [6, 6.07) is 13.4. The summed E-state index contributed by atoms with van der Waals surface area (Å²) in [6.07, 6.45) is 1.99. The maximum absolute atomic E-state index is 13.0. The van der Waals surface area contributed by atoms with Crippen molar-refractivity contribution in [1.82, 2.24) is 19.8 Å². The maximum atomic E-state index is 13.0. The number of nitrogens with zero attached hydrogens (tertiary/aromatic N) is 4. The van der Waals surface area contributed by atoms with Gasteiger partial charge < -0.3 is 15.1 Å². The summed E-state index contributed by atoms with van der Waals surface area (Å²) in [4.78, 5) is 47.2. The Balaban J connectivity index is 1.38. The molecule has 3 N–H and O–H groups in total. The number of aromatic nitrogens is 1. The van der Waals surface area contributed by atoms with Crippen molar-refractivity contribution in [2.75, 3.05) is 45.1 Å². The first-order chi connectivity index (χ1) is 19.6. The van der Waals surface area contributed by atoms with Crippen LogP contribution in [0.3, 0.4) is 0 Å².